The van der Waals surface area contributed by atoms with Gasteiger partial charge in [0.2, 0.25) is 0 Å². The zero-order valence-electron chi connectivity index (χ0n) is 13.0. The standard InChI is InChI=1S/C16H25NO3/c1-15(2,3)17-10-12-7-6-8-13(9-12)20-11-16(4,5)14(18)19/h6-9,17H,10-11H2,1-5H3,(H,18,19). The van der Waals surface area contributed by atoms with E-state index in [9.17, 15) is 4.79 Å². The van der Waals surface area contributed by atoms with Crippen molar-refractivity contribution in [3.63, 3.8) is 0 Å². The van der Waals surface area contributed by atoms with Gasteiger partial charge in [-0.05, 0) is 52.3 Å². The molecule has 1 aromatic rings. The van der Waals surface area contributed by atoms with Gasteiger partial charge in [-0.3, -0.25) is 4.79 Å². The summed E-state index contributed by atoms with van der Waals surface area (Å²) in [6.45, 7) is 10.6. The number of carboxylic acids is 1. The summed E-state index contributed by atoms with van der Waals surface area (Å²) in [6, 6.07) is 7.73. The fourth-order valence-corrected chi connectivity index (χ4v) is 1.44. The number of hydrogen-bond donors (Lipinski definition) is 2. The van der Waals surface area contributed by atoms with E-state index in [-0.39, 0.29) is 12.1 Å². The highest BCUT2D eigenvalue weighted by atomic mass is 16.5. The summed E-state index contributed by atoms with van der Waals surface area (Å²) < 4.78 is 5.60. The topological polar surface area (TPSA) is 58.6 Å². The van der Waals surface area contributed by atoms with Crippen LogP contribution in [0.3, 0.4) is 0 Å². The fourth-order valence-electron chi connectivity index (χ4n) is 1.44. The molecule has 0 aliphatic heterocycles. The predicted molar refractivity (Wildman–Crippen MR) is 79.9 cm³/mol. The molecule has 4 heteroatoms. The molecule has 0 spiro atoms. The monoisotopic (exact) mass is 279 g/mol. The van der Waals surface area contributed by atoms with E-state index in [1.54, 1.807) is 13.8 Å². The lowest BCUT2D eigenvalue weighted by Crippen LogP contribution is -2.35. The van der Waals surface area contributed by atoms with Gasteiger partial charge in [0.25, 0.3) is 0 Å². The molecular formula is C16H25NO3. The van der Waals surface area contributed by atoms with Crippen molar-refractivity contribution in [1.29, 1.82) is 0 Å². The molecule has 0 fully saturated rings. The van der Waals surface area contributed by atoms with Crippen LogP contribution in [0.15, 0.2) is 24.3 Å². The van der Waals surface area contributed by atoms with Gasteiger partial charge in [0, 0.05) is 12.1 Å². The van der Waals surface area contributed by atoms with Gasteiger partial charge in [-0.1, -0.05) is 12.1 Å². The summed E-state index contributed by atoms with van der Waals surface area (Å²) in [7, 11) is 0. The molecular weight excluding hydrogens is 254 g/mol. The van der Waals surface area contributed by atoms with E-state index < -0.39 is 11.4 Å². The summed E-state index contributed by atoms with van der Waals surface area (Å²) in [5.74, 6) is -0.157. The van der Waals surface area contributed by atoms with Crippen LogP contribution in [0, 0.1) is 5.41 Å². The normalized spacial score (nSPS) is 12.2. The van der Waals surface area contributed by atoms with Crippen LogP contribution in [-0.2, 0) is 11.3 Å². The van der Waals surface area contributed by atoms with Crippen LogP contribution in [0.1, 0.15) is 40.2 Å². The van der Waals surface area contributed by atoms with Crippen molar-refractivity contribution in [1.82, 2.24) is 5.32 Å². The van der Waals surface area contributed by atoms with E-state index in [0.29, 0.717) is 5.75 Å². The second kappa shape index (κ2) is 6.27. The summed E-state index contributed by atoms with van der Waals surface area (Å²) in [5, 5.41) is 12.5. The van der Waals surface area contributed by atoms with Gasteiger partial charge in [0.1, 0.15) is 12.4 Å². The molecule has 0 heterocycles. The Morgan fingerprint density at radius 3 is 2.45 bits per heavy atom. The zero-order chi connectivity index (χ0) is 15.4. The van der Waals surface area contributed by atoms with E-state index >= 15 is 0 Å². The molecule has 1 rings (SSSR count). The number of nitrogens with one attached hydrogen (secondary N) is 1. The second-order valence-electron chi connectivity index (χ2n) is 6.73. The average molecular weight is 279 g/mol. The van der Waals surface area contributed by atoms with Gasteiger partial charge >= 0.3 is 5.97 Å². The number of aliphatic carboxylic acids is 1. The fraction of sp³-hybridized carbons (Fsp3) is 0.562. The maximum absolute atomic E-state index is 11.0. The third kappa shape index (κ3) is 5.61. The number of benzene rings is 1. The molecule has 20 heavy (non-hydrogen) atoms. The molecule has 4 nitrogen and oxygen atoms in total. The van der Waals surface area contributed by atoms with Crippen LogP contribution >= 0.6 is 0 Å². The maximum Gasteiger partial charge on any atom is 0.312 e. The van der Waals surface area contributed by atoms with E-state index in [1.807, 2.05) is 24.3 Å². The molecule has 0 saturated carbocycles. The molecule has 2 N–H and O–H groups in total. The first-order chi connectivity index (χ1) is 9.10. The molecule has 0 saturated heterocycles. The second-order valence-corrected chi connectivity index (χ2v) is 6.73. The minimum Gasteiger partial charge on any atom is -0.492 e. The van der Waals surface area contributed by atoms with Crippen molar-refractivity contribution in [2.75, 3.05) is 6.61 Å². The van der Waals surface area contributed by atoms with Gasteiger partial charge in [-0.2, -0.15) is 0 Å². The Morgan fingerprint density at radius 1 is 1.25 bits per heavy atom. The number of carbonyl (C=O) groups is 1. The quantitative estimate of drug-likeness (QED) is 0.840. The molecule has 112 valence electrons. The first-order valence-electron chi connectivity index (χ1n) is 6.80. The van der Waals surface area contributed by atoms with Crippen LogP contribution in [0.25, 0.3) is 0 Å². The minimum atomic E-state index is -0.889. The molecule has 1 aromatic carbocycles. The van der Waals surface area contributed by atoms with Gasteiger partial charge in [-0.25, -0.2) is 0 Å². The SMILES string of the molecule is CC(C)(C)NCc1cccc(OCC(C)(C)C(=O)O)c1. The first-order valence-corrected chi connectivity index (χ1v) is 6.80. The Hall–Kier alpha value is -1.55. The van der Waals surface area contributed by atoms with Crippen molar-refractivity contribution in [2.45, 2.75) is 46.7 Å². The van der Waals surface area contributed by atoms with Crippen molar-refractivity contribution in [3.05, 3.63) is 29.8 Å². The highest BCUT2D eigenvalue weighted by Crippen LogP contribution is 2.20. The smallest absolute Gasteiger partial charge is 0.312 e. The number of carboxylic acid groups (broad SMARTS) is 1. The molecule has 0 unspecified atom stereocenters. The third-order valence-electron chi connectivity index (χ3n) is 2.90. The average Bonchev–Trinajstić information content (AvgIpc) is 2.34. The van der Waals surface area contributed by atoms with Gasteiger partial charge in [0.15, 0.2) is 0 Å². The van der Waals surface area contributed by atoms with Gasteiger partial charge in [-0.15, -0.1) is 0 Å². The summed E-state index contributed by atoms with van der Waals surface area (Å²) in [5.41, 5.74) is 0.285. The lowest BCUT2D eigenvalue weighted by molar-refractivity contribution is -0.148. The van der Waals surface area contributed by atoms with Crippen LogP contribution in [0.4, 0.5) is 0 Å². The Labute approximate surface area is 121 Å². The minimum absolute atomic E-state index is 0.0577. The van der Waals surface area contributed by atoms with Crippen molar-refractivity contribution < 1.29 is 14.6 Å². The Bertz CT molecular complexity index is 461. The van der Waals surface area contributed by atoms with Crippen LogP contribution in [-0.4, -0.2) is 23.2 Å². The van der Waals surface area contributed by atoms with Crippen LogP contribution in [0.5, 0.6) is 5.75 Å². The van der Waals surface area contributed by atoms with Crippen LogP contribution in [0.2, 0.25) is 0 Å². The molecule has 0 radical (unpaired) electrons. The lowest BCUT2D eigenvalue weighted by Gasteiger charge is -2.21. The Morgan fingerprint density at radius 2 is 1.90 bits per heavy atom. The molecule has 0 atom stereocenters. The molecule has 0 aromatic heterocycles. The summed E-state index contributed by atoms with van der Waals surface area (Å²) in [6.07, 6.45) is 0. The van der Waals surface area contributed by atoms with E-state index in [2.05, 4.69) is 26.1 Å². The van der Waals surface area contributed by atoms with E-state index in [0.717, 1.165) is 12.1 Å². The third-order valence-corrected chi connectivity index (χ3v) is 2.90. The molecule has 0 amide bonds. The van der Waals surface area contributed by atoms with Crippen molar-refractivity contribution in [2.24, 2.45) is 5.41 Å². The van der Waals surface area contributed by atoms with Gasteiger partial charge < -0.3 is 15.2 Å². The predicted octanol–water partition coefficient (Wildman–Crippen LogP) is 3.06. The Balaban J connectivity index is 2.62. The highest BCUT2D eigenvalue weighted by Gasteiger charge is 2.28. The highest BCUT2D eigenvalue weighted by molar-refractivity contribution is 5.73. The summed E-state index contributed by atoms with van der Waals surface area (Å²) >= 11 is 0. The van der Waals surface area contributed by atoms with E-state index in [4.69, 9.17) is 9.84 Å². The van der Waals surface area contributed by atoms with Crippen molar-refractivity contribution in [3.8, 4) is 5.75 Å². The maximum atomic E-state index is 11.0. The number of rotatable bonds is 6. The molecule has 0 aliphatic rings. The first kappa shape index (κ1) is 16.5. The largest absolute Gasteiger partial charge is 0.492 e. The number of hydrogen-bond acceptors (Lipinski definition) is 3. The van der Waals surface area contributed by atoms with Crippen LogP contribution < -0.4 is 10.1 Å². The van der Waals surface area contributed by atoms with E-state index in [1.165, 1.54) is 0 Å². The zero-order valence-corrected chi connectivity index (χ0v) is 13.0. The molecule has 0 aliphatic carbocycles. The van der Waals surface area contributed by atoms with Gasteiger partial charge in [0.05, 0.1) is 5.41 Å². The number of ether oxygens (including phenoxy) is 1. The molecule has 0 bridgehead atoms. The lowest BCUT2D eigenvalue weighted by atomic mass is 9.95. The van der Waals surface area contributed by atoms with Crippen molar-refractivity contribution >= 4 is 5.97 Å². The Kier molecular flexibility index (Phi) is 5.17. The summed E-state index contributed by atoms with van der Waals surface area (Å²) in [4.78, 5) is 11.0.